The molecule has 5 heteroatoms. The average Bonchev–Trinajstić information content (AvgIpc) is 2.67. The molecule has 2 unspecified atom stereocenters. The van der Waals surface area contributed by atoms with Crippen LogP contribution in [0.2, 0.25) is 0 Å². The van der Waals surface area contributed by atoms with Gasteiger partial charge in [-0.05, 0) is 52.5 Å². The zero-order valence-electron chi connectivity index (χ0n) is 13.3. The quantitative estimate of drug-likeness (QED) is 0.903. The average molecular weight is 290 g/mol. The molecule has 2 bridgehead atoms. The fraction of sp³-hybridized carbons (Fsp3) is 0.750. The SMILES string of the molecule is CCOc1cc(NCC2CC3CCC(C2)N3C)nc(C)n1. The summed E-state index contributed by atoms with van der Waals surface area (Å²) in [4.78, 5) is 11.3. The summed E-state index contributed by atoms with van der Waals surface area (Å²) in [7, 11) is 2.29. The van der Waals surface area contributed by atoms with Crippen LogP contribution in [0.1, 0.15) is 38.4 Å². The third kappa shape index (κ3) is 3.28. The summed E-state index contributed by atoms with van der Waals surface area (Å²) >= 11 is 0. The fourth-order valence-electron chi connectivity index (χ4n) is 3.79. The van der Waals surface area contributed by atoms with Gasteiger partial charge in [0.1, 0.15) is 11.6 Å². The topological polar surface area (TPSA) is 50.3 Å². The van der Waals surface area contributed by atoms with Gasteiger partial charge in [0.05, 0.1) is 6.61 Å². The molecule has 0 radical (unpaired) electrons. The molecule has 5 nitrogen and oxygen atoms in total. The van der Waals surface area contributed by atoms with E-state index in [-0.39, 0.29) is 0 Å². The van der Waals surface area contributed by atoms with Crippen molar-refractivity contribution in [2.45, 2.75) is 51.6 Å². The molecule has 0 aliphatic carbocycles. The normalized spacial score (nSPS) is 28.6. The van der Waals surface area contributed by atoms with Gasteiger partial charge in [0.2, 0.25) is 5.88 Å². The number of fused-ring (bicyclic) bond motifs is 2. The number of nitrogens with zero attached hydrogens (tertiary/aromatic N) is 3. The summed E-state index contributed by atoms with van der Waals surface area (Å²) in [6, 6.07) is 3.49. The van der Waals surface area contributed by atoms with Crippen LogP contribution in [0.4, 0.5) is 5.82 Å². The van der Waals surface area contributed by atoms with Gasteiger partial charge in [0.15, 0.2) is 0 Å². The van der Waals surface area contributed by atoms with Crippen LogP contribution in [0.5, 0.6) is 5.88 Å². The molecule has 0 saturated carbocycles. The van der Waals surface area contributed by atoms with Gasteiger partial charge >= 0.3 is 0 Å². The monoisotopic (exact) mass is 290 g/mol. The zero-order chi connectivity index (χ0) is 14.8. The lowest BCUT2D eigenvalue weighted by Crippen LogP contribution is -2.41. The Balaban J connectivity index is 1.58. The molecule has 1 aromatic heterocycles. The van der Waals surface area contributed by atoms with Crippen LogP contribution in [0.15, 0.2) is 6.07 Å². The van der Waals surface area contributed by atoms with E-state index in [1.165, 1.54) is 25.7 Å². The molecule has 2 saturated heterocycles. The first-order valence-corrected chi connectivity index (χ1v) is 8.10. The van der Waals surface area contributed by atoms with Crippen molar-refractivity contribution in [3.63, 3.8) is 0 Å². The van der Waals surface area contributed by atoms with Gasteiger partial charge in [-0.2, -0.15) is 4.98 Å². The number of anilines is 1. The Morgan fingerprint density at radius 1 is 1.29 bits per heavy atom. The van der Waals surface area contributed by atoms with E-state index in [1.54, 1.807) is 0 Å². The van der Waals surface area contributed by atoms with Crippen LogP contribution in [0.25, 0.3) is 0 Å². The first-order valence-electron chi connectivity index (χ1n) is 8.10. The number of nitrogens with one attached hydrogen (secondary N) is 1. The summed E-state index contributed by atoms with van der Waals surface area (Å²) in [5.41, 5.74) is 0. The van der Waals surface area contributed by atoms with E-state index in [9.17, 15) is 0 Å². The molecule has 0 spiro atoms. The molecule has 21 heavy (non-hydrogen) atoms. The minimum Gasteiger partial charge on any atom is -0.478 e. The Hall–Kier alpha value is -1.36. The molecule has 3 rings (SSSR count). The number of hydrogen-bond donors (Lipinski definition) is 1. The second kappa shape index (κ2) is 6.18. The summed E-state index contributed by atoms with van der Waals surface area (Å²) in [6.07, 6.45) is 5.36. The molecule has 2 atom stereocenters. The minimum absolute atomic E-state index is 0.633. The summed E-state index contributed by atoms with van der Waals surface area (Å²) in [5, 5.41) is 3.49. The van der Waals surface area contributed by atoms with E-state index in [4.69, 9.17) is 4.74 Å². The molecule has 1 aromatic rings. The Labute approximate surface area is 127 Å². The maximum absolute atomic E-state index is 5.48. The van der Waals surface area contributed by atoms with Crippen molar-refractivity contribution < 1.29 is 4.74 Å². The number of hydrogen-bond acceptors (Lipinski definition) is 5. The van der Waals surface area contributed by atoms with E-state index < -0.39 is 0 Å². The Morgan fingerprint density at radius 2 is 2.00 bits per heavy atom. The maximum Gasteiger partial charge on any atom is 0.218 e. The van der Waals surface area contributed by atoms with Crippen molar-refractivity contribution >= 4 is 5.82 Å². The number of ether oxygens (including phenoxy) is 1. The van der Waals surface area contributed by atoms with Crippen LogP contribution in [0, 0.1) is 12.8 Å². The minimum atomic E-state index is 0.633. The molecule has 2 aliphatic rings. The first-order chi connectivity index (χ1) is 10.2. The van der Waals surface area contributed by atoms with E-state index >= 15 is 0 Å². The molecule has 2 fully saturated rings. The molecular weight excluding hydrogens is 264 g/mol. The molecule has 0 amide bonds. The van der Waals surface area contributed by atoms with Gasteiger partial charge in [0, 0.05) is 24.7 Å². The van der Waals surface area contributed by atoms with Crippen molar-refractivity contribution in [2.75, 3.05) is 25.5 Å². The molecule has 0 aromatic carbocycles. The molecule has 116 valence electrons. The standard InChI is InChI=1S/C16H26N4O/c1-4-21-16-9-15(18-11(2)19-16)17-10-12-7-13-5-6-14(8-12)20(13)3/h9,12-14H,4-8,10H2,1-3H3,(H,17,18,19). The maximum atomic E-state index is 5.48. The largest absolute Gasteiger partial charge is 0.478 e. The number of piperidine rings is 1. The van der Waals surface area contributed by atoms with Crippen LogP contribution in [-0.2, 0) is 0 Å². The van der Waals surface area contributed by atoms with Gasteiger partial charge in [-0.1, -0.05) is 0 Å². The summed E-state index contributed by atoms with van der Waals surface area (Å²) in [5.74, 6) is 3.06. The second-order valence-corrected chi connectivity index (χ2v) is 6.34. The predicted molar refractivity (Wildman–Crippen MR) is 83.7 cm³/mol. The molecule has 2 aliphatic heterocycles. The predicted octanol–water partition coefficient (Wildman–Crippen LogP) is 2.47. The molecular formula is C16H26N4O. The van der Waals surface area contributed by atoms with Gasteiger partial charge in [-0.25, -0.2) is 4.98 Å². The van der Waals surface area contributed by atoms with Crippen LogP contribution in [0.3, 0.4) is 0 Å². The smallest absolute Gasteiger partial charge is 0.218 e. The van der Waals surface area contributed by atoms with Crippen molar-refractivity contribution in [3.05, 3.63) is 11.9 Å². The number of rotatable bonds is 5. The highest BCUT2D eigenvalue weighted by Crippen LogP contribution is 2.37. The zero-order valence-corrected chi connectivity index (χ0v) is 13.3. The van der Waals surface area contributed by atoms with Gasteiger partial charge in [-0.3, -0.25) is 0 Å². The lowest BCUT2D eigenvalue weighted by atomic mass is 9.91. The third-order valence-electron chi connectivity index (χ3n) is 4.87. The summed E-state index contributed by atoms with van der Waals surface area (Å²) in [6.45, 7) is 5.51. The first kappa shape index (κ1) is 14.6. The highest BCUT2D eigenvalue weighted by atomic mass is 16.5. The van der Waals surface area contributed by atoms with E-state index in [0.29, 0.717) is 12.5 Å². The number of aryl methyl sites for hydroxylation is 1. The molecule has 3 heterocycles. The van der Waals surface area contributed by atoms with Gasteiger partial charge in [0.25, 0.3) is 0 Å². The lowest BCUT2D eigenvalue weighted by molar-refractivity contribution is 0.139. The fourth-order valence-corrected chi connectivity index (χ4v) is 3.79. The van der Waals surface area contributed by atoms with Crippen LogP contribution >= 0.6 is 0 Å². The highest BCUT2D eigenvalue weighted by molar-refractivity contribution is 5.38. The van der Waals surface area contributed by atoms with Crippen molar-refractivity contribution in [1.29, 1.82) is 0 Å². The van der Waals surface area contributed by atoms with Crippen molar-refractivity contribution in [2.24, 2.45) is 5.92 Å². The van der Waals surface area contributed by atoms with Crippen molar-refractivity contribution in [3.8, 4) is 5.88 Å². The summed E-state index contributed by atoms with van der Waals surface area (Å²) < 4.78 is 5.48. The van der Waals surface area contributed by atoms with Crippen molar-refractivity contribution in [1.82, 2.24) is 14.9 Å². The lowest BCUT2D eigenvalue weighted by Gasteiger charge is -2.36. The van der Waals surface area contributed by atoms with E-state index in [0.717, 1.165) is 36.2 Å². The van der Waals surface area contributed by atoms with E-state index in [2.05, 4.69) is 27.2 Å². The Morgan fingerprint density at radius 3 is 2.67 bits per heavy atom. The third-order valence-corrected chi connectivity index (χ3v) is 4.87. The van der Waals surface area contributed by atoms with Gasteiger partial charge < -0.3 is 15.0 Å². The van der Waals surface area contributed by atoms with E-state index in [1.807, 2.05) is 19.9 Å². The van der Waals surface area contributed by atoms with Crippen LogP contribution in [-0.4, -0.2) is 47.2 Å². The highest BCUT2D eigenvalue weighted by Gasteiger charge is 2.38. The Bertz CT molecular complexity index is 479. The number of aromatic nitrogens is 2. The second-order valence-electron chi connectivity index (χ2n) is 6.34. The Kier molecular flexibility index (Phi) is 4.29. The molecule has 1 N–H and O–H groups in total. The van der Waals surface area contributed by atoms with Crippen LogP contribution < -0.4 is 10.1 Å². The van der Waals surface area contributed by atoms with Gasteiger partial charge in [-0.15, -0.1) is 0 Å².